The van der Waals surface area contributed by atoms with Gasteiger partial charge in [-0.2, -0.15) is 11.8 Å². The van der Waals surface area contributed by atoms with Crippen molar-refractivity contribution in [2.75, 3.05) is 12.3 Å². The second-order valence-electron chi connectivity index (χ2n) is 4.82. The van der Waals surface area contributed by atoms with Crippen LogP contribution in [0.2, 0.25) is 0 Å². The molecule has 1 aliphatic rings. The van der Waals surface area contributed by atoms with Crippen LogP contribution in [0.25, 0.3) is 0 Å². The van der Waals surface area contributed by atoms with E-state index in [1.165, 1.54) is 18.6 Å². The fourth-order valence-electron chi connectivity index (χ4n) is 2.08. The quantitative estimate of drug-likeness (QED) is 0.892. The molecule has 0 radical (unpaired) electrons. The third-order valence-corrected chi connectivity index (χ3v) is 4.75. The highest BCUT2D eigenvalue weighted by molar-refractivity contribution is 8.00. The monoisotopic (exact) mass is 301 g/mol. The molecule has 1 atom stereocenters. The van der Waals surface area contributed by atoms with Gasteiger partial charge in [0.2, 0.25) is 0 Å². The Morgan fingerprint density at radius 2 is 2.42 bits per heavy atom. The fourth-order valence-corrected chi connectivity index (χ4v) is 3.32. The van der Waals surface area contributed by atoms with Crippen molar-refractivity contribution < 1.29 is 4.79 Å². The third kappa shape index (κ3) is 4.37. The number of aromatic nitrogens is 1. The van der Waals surface area contributed by atoms with Crippen LogP contribution in [0.3, 0.4) is 0 Å². The molecule has 0 saturated carbocycles. The Morgan fingerprint density at radius 3 is 3.05 bits per heavy atom. The molecule has 2 rings (SSSR count). The van der Waals surface area contributed by atoms with Gasteiger partial charge in [0.25, 0.3) is 5.91 Å². The van der Waals surface area contributed by atoms with E-state index in [-0.39, 0.29) is 23.1 Å². The van der Waals surface area contributed by atoms with Crippen LogP contribution in [-0.2, 0) is 6.54 Å². The van der Waals surface area contributed by atoms with E-state index in [1.54, 1.807) is 18.3 Å². The van der Waals surface area contributed by atoms with Crippen molar-refractivity contribution in [3.63, 3.8) is 0 Å². The van der Waals surface area contributed by atoms with Crippen molar-refractivity contribution in [3.8, 4) is 0 Å². The number of hydrogen-bond acceptors (Lipinski definition) is 4. The van der Waals surface area contributed by atoms with Gasteiger partial charge in [-0.05, 0) is 37.7 Å². The number of pyridine rings is 1. The van der Waals surface area contributed by atoms with Crippen LogP contribution in [0.15, 0.2) is 18.3 Å². The minimum Gasteiger partial charge on any atom is -0.351 e. The van der Waals surface area contributed by atoms with Crippen molar-refractivity contribution in [3.05, 3.63) is 29.6 Å². The zero-order valence-corrected chi connectivity index (χ0v) is 12.6. The molecule has 1 unspecified atom stereocenters. The minimum atomic E-state index is -0.0409. The predicted octanol–water partition coefficient (Wildman–Crippen LogP) is 1.98. The van der Waals surface area contributed by atoms with Gasteiger partial charge >= 0.3 is 0 Å². The number of carbonyl (C=O) groups excluding carboxylic acids is 1. The van der Waals surface area contributed by atoms with Crippen molar-refractivity contribution >= 4 is 30.1 Å². The van der Waals surface area contributed by atoms with Gasteiger partial charge in [0.1, 0.15) is 0 Å². The summed E-state index contributed by atoms with van der Waals surface area (Å²) in [4.78, 5) is 16.1. The summed E-state index contributed by atoms with van der Waals surface area (Å²) in [7, 11) is 0. The van der Waals surface area contributed by atoms with Gasteiger partial charge in [0, 0.05) is 29.6 Å². The Morgan fingerprint density at radius 1 is 1.63 bits per heavy atom. The lowest BCUT2D eigenvalue weighted by molar-refractivity contribution is 0.0949. The number of hydrogen-bond donors (Lipinski definition) is 2. The van der Waals surface area contributed by atoms with E-state index < -0.39 is 0 Å². The van der Waals surface area contributed by atoms with Crippen molar-refractivity contribution in [1.82, 2.24) is 10.3 Å². The van der Waals surface area contributed by atoms with Gasteiger partial charge in [-0.15, -0.1) is 12.4 Å². The first-order chi connectivity index (χ1) is 8.63. The summed E-state index contributed by atoms with van der Waals surface area (Å²) in [5.74, 6) is 1.15. The molecule has 0 bridgehead atoms. The highest BCUT2D eigenvalue weighted by atomic mass is 35.5. The SMILES string of the molecule is CC1(CNC(=O)c2ccnc(CN)c2)CCCS1.Cl. The Labute approximate surface area is 124 Å². The van der Waals surface area contributed by atoms with E-state index in [0.29, 0.717) is 12.1 Å². The molecule has 19 heavy (non-hydrogen) atoms. The standard InChI is InChI=1S/C13H19N3OS.ClH/c1-13(4-2-6-18-13)9-16-12(17)10-3-5-15-11(7-10)8-14;/h3,5,7H,2,4,6,8-9,14H2,1H3,(H,16,17);1H. The highest BCUT2D eigenvalue weighted by Crippen LogP contribution is 2.36. The first-order valence-corrected chi connectivity index (χ1v) is 7.19. The molecule has 1 fully saturated rings. The van der Waals surface area contributed by atoms with E-state index in [2.05, 4.69) is 17.2 Å². The van der Waals surface area contributed by atoms with E-state index in [0.717, 1.165) is 12.2 Å². The number of thioether (sulfide) groups is 1. The van der Waals surface area contributed by atoms with Gasteiger partial charge in [-0.1, -0.05) is 0 Å². The lowest BCUT2D eigenvalue weighted by Gasteiger charge is -2.22. The molecule has 1 aliphatic heterocycles. The first-order valence-electron chi connectivity index (χ1n) is 6.20. The lowest BCUT2D eigenvalue weighted by atomic mass is 10.1. The molecule has 106 valence electrons. The number of nitrogens with two attached hydrogens (primary N) is 1. The average Bonchev–Trinajstić information content (AvgIpc) is 2.83. The predicted molar refractivity (Wildman–Crippen MR) is 81.8 cm³/mol. The Hall–Kier alpha value is -0.780. The maximum absolute atomic E-state index is 12.0. The van der Waals surface area contributed by atoms with Crippen molar-refractivity contribution in [2.45, 2.75) is 31.1 Å². The number of halogens is 1. The second kappa shape index (κ2) is 7.12. The maximum atomic E-state index is 12.0. The van der Waals surface area contributed by atoms with Crippen LogP contribution in [0.1, 0.15) is 35.8 Å². The van der Waals surface area contributed by atoms with Crippen LogP contribution in [0.4, 0.5) is 0 Å². The molecule has 4 nitrogen and oxygen atoms in total. The average molecular weight is 302 g/mol. The second-order valence-corrected chi connectivity index (χ2v) is 6.51. The van der Waals surface area contributed by atoms with Gasteiger partial charge in [0.15, 0.2) is 0 Å². The molecule has 2 heterocycles. The Balaban J connectivity index is 0.00000180. The van der Waals surface area contributed by atoms with Crippen LogP contribution in [-0.4, -0.2) is 27.9 Å². The van der Waals surface area contributed by atoms with Crippen LogP contribution >= 0.6 is 24.2 Å². The molecule has 1 saturated heterocycles. The summed E-state index contributed by atoms with van der Waals surface area (Å²) >= 11 is 1.94. The smallest absolute Gasteiger partial charge is 0.251 e. The molecule has 1 aromatic rings. The Bertz CT molecular complexity index is 436. The normalized spacial score (nSPS) is 21.8. The van der Waals surface area contributed by atoms with Crippen molar-refractivity contribution in [1.29, 1.82) is 0 Å². The van der Waals surface area contributed by atoms with Crippen LogP contribution < -0.4 is 11.1 Å². The van der Waals surface area contributed by atoms with Gasteiger partial charge < -0.3 is 11.1 Å². The summed E-state index contributed by atoms with van der Waals surface area (Å²) < 4.78 is 0.194. The van der Waals surface area contributed by atoms with Gasteiger partial charge in [0.05, 0.1) is 5.69 Å². The van der Waals surface area contributed by atoms with E-state index in [9.17, 15) is 4.79 Å². The number of nitrogens with zero attached hydrogens (tertiary/aromatic N) is 1. The Kier molecular flexibility index (Phi) is 6.10. The molecule has 6 heteroatoms. The summed E-state index contributed by atoms with van der Waals surface area (Å²) in [5, 5.41) is 3.00. The lowest BCUT2D eigenvalue weighted by Crippen LogP contribution is -2.36. The topological polar surface area (TPSA) is 68.0 Å². The molecule has 1 amide bonds. The van der Waals surface area contributed by atoms with E-state index in [4.69, 9.17) is 5.73 Å². The first kappa shape index (κ1) is 16.3. The summed E-state index contributed by atoms with van der Waals surface area (Å²) in [5.41, 5.74) is 6.89. The third-order valence-electron chi connectivity index (χ3n) is 3.21. The van der Waals surface area contributed by atoms with Crippen molar-refractivity contribution in [2.24, 2.45) is 5.73 Å². The molecule has 0 aromatic carbocycles. The summed E-state index contributed by atoms with van der Waals surface area (Å²) in [6, 6.07) is 3.47. The minimum absolute atomic E-state index is 0. The van der Waals surface area contributed by atoms with E-state index >= 15 is 0 Å². The van der Waals surface area contributed by atoms with Gasteiger partial charge in [-0.25, -0.2) is 0 Å². The fraction of sp³-hybridized carbons (Fsp3) is 0.538. The number of carbonyl (C=O) groups is 1. The molecule has 3 N–H and O–H groups in total. The number of nitrogens with one attached hydrogen (secondary N) is 1. The van der Waals surface area contributed by atoms with Gasteiger partial charge in [-0.3, -0.25) is 9.78 Å². The van der Waals surface area contributed by atoms with Crippen LogP contribution in [0.5, 0.6) is 0 Å². The largest absolute Gasteiger partial charge is 0.351 e. The zero-order chi connectivity index (χ0) is 13.0. The molecule has 0 spiro atoms. The summed E-state index contributed by atoms with van der Waals surface area (Å²) in [6.45, 7) is 3.29. The molecular formula is C13H20ClN3OS. The molecule has 0 aliphatic carbocycles. The van der Waals surface area contributed by atoms with E-state index in [1.807, 2.05) is 11.8 Å². The molecule has 1 aromatic heterocycles. The number of rotatable bonds is 4. The summed E-state index contributed by atoms with van der Waals surface area (Å²) in [6.07, 6.45) is 4.04. The van der Waals surface area contributed by atoms with Crippen LogP contribution in [0, 0.1) is 0 Å². The number of amides is 1. The maximum Gasteiger partial charge on any atom is 0.251 e. The highest BCUT2D eigenvalue weighted by Gasteiger charge is 2.29. The molecular weight excluding hydrogens is 282 g/mol. The zero-order valence-electron chi connectivity index (χ0n) is 11.0.